The topological polar surface area (TPSA) is 61.3 Å². The predicted octanol–water partition coefficient (Wildman–Crippen LogP) is 2.64. The number of halogens is 2. The highest BCUT2D eigenvalue weighted by molar-refractivity contribution is 5.43. The molecule has 7 heteroatoms. The summed E-state index contributed by atoms with van der Waals surface area (Å²) in [5.41, 5.74) is 0.499. The first-order chi connectivity index (χ1) is 11.5. The number of rotatable bonds is 4. The molecule has 0 spiro atoms. The molecule has 1 atom stereocenters. The first-order valence-electron chi connectivity index (χ1n) is 7.98. The molecule has 1 aromatic heterocycles. The minimum Gasteiger partial charge on any atom is -0.391 e. The van der Waals surface area contributed by atoms with Crippen LogP contribution in [0.25, 0.3) is 0 Å². The molecule has 0 aliphatic carbocycles. The quantitative estimate of drug-likeness (QED) is 0.900. The van der Waals surface area contributed by atoms with Crippen molar-refractivity contribution in [1.82, 2.24) is 9.97 Å². The Labute approximate surface area is 139 Å². The Morgan fingerprint density at radius 1 is 1.29 bits per heavy atom. The first-order valence-corrected chi connectivity index (χ1v) is 7.98. The number of nitrogens with one attached hydrogen (secondary N) is 1. The maximum Gasteiger partial charge on any atom is 0.224 e. The average molecular weight is 334 g/mol. The fraction of sp³-hybridized carbons (Fsp3) is 0.412. The zero-order chi connectivity index (χ0) is 17.1. The summed E-state index contributed by atoms with van der Waals surface area (Å²) in [4.78, 5) is 10.5. The summed E-state index contributed by atoms with van der Waals surface area (Å²) in [6.45, 7) is 2.98. The van der Waals surface area contributed by atoms with Crippen LogP contribution in [0.2, 0.25) is 0 Å². The highest BCUT2D eigenvalue weighted by atomic mass is 19.2. The van der Waals surface area contributed by atoms with Crippen LogP contribution >= 0.6 is 0 Å². The third-order valence-corrected chi connectivity index (χ3v) is 4.15. The second-order valence-corrected chi connectivity index (χ2v) is 6.00. The SMILES string of the molecule is Cc1ccc(CNc2nccc(N3CCC[C@H](O)C3)n2)c(F)c1F. The Morgan fingerprint density at radius 2 is 2.12 bits per heavy atom. The Bertz CT molecular complexity index is 726. The normalized spacial score (nSPS) is 17.8. The summed E-state index contributed by atoms with van der Waals surface area (Å²) in [7, 11) is 0. The lowest BCUT2D eigenvalue weighted by Gasteiger charge is -2.31. The number of aryl methyl sites for hydroxylation is 1. The van der Waals surface area contributed by atoms with Gasteiger partial charge >= 0.3 is 0 Å². The number of hydrogen-bond acceptors (Lipinski definition) is 5. The Hall–Kier alpha value is -2.28. The molecule has 0 radical (unpaired) electrons. The Kier molecular flexibility index (Phi) is 4.89. The van der Waals surface area contributed by atoms with Gasteiger partial charge in [-0.15, -0.1) is 0 Å². The van der Waals surface area contributed by atoms with Crippen molar-refractivity contribution in [3.63, 3.8) is 0 Å². The monoisotopic (exact) mass is 334 g/mol. The number of hydrogen-bond donors (Lipinski definition) is 2. The van der Waals surface area contributed by atoms with Gasteiger partial charge in [-0.05, 0) is 31.4 Å². The van der Waals surface area contributed by atoms with Crippen LogP contribution < -0.4 is 10.2 Å². The van der Waals surface area contributed by atoms with E-state index < -0.39 is 11.6 Å². The zero-order valence-corrected chi connectivity index (χ0v) is 13.5. The molecule has 24 heavy (non-hydrogen) atoms. The van der Waals surface area contributed by atoms with Gasteiger partial charge < -0.3 is 15.3 Å². The van der Waals surface area contributed by atoms with Crippen molar-refractivity contribution in [2.24, 2.45) is 0 Å². The van der Waals surface area contributed by atoms with Gasteiger partial charge in [0.2, 0.25) is 5.95 Å². The van der Waals surface area contributed by atoms with Crippen molar-refractivity contribution in [1.29, 1.82) is 0 Å². The lowest BCUT2D eigenvalue weighted by atomic mass is 10.1. The van der Waals surface area contributed by atoms with Gasteiger partial charge in [0.15, 0.2) is 11.6 Å². The van der Waals surface area contributed by atoms with Gasteiger partial charge in [0, 0.05) is 31.4 Å². The molecule has 0 bridgehead atoms. The lowest BCUT2D eigenvalue weighted by Crippen LogP contribution is -2.38. The van der Waals surface area contributed by atoms with Crippen molar-refractivity contribution >= 4 is 11.8 Å². The molecule has 0 saturated carbocycles. The molecule has 5 nitrogen and oxygen atoms in total. The van der Waals surface area contributed by atoms with Crippen LogP contribution in [0.15, 0.2) is 24.4 Å². The summed E-state index contributed by atoms with van der Waals surface area (Å²) in [5.74, 6) is -0.626. The highest BCUT2D eigenvalue weighted by Gasteiger charge is 2.19. The maximum atomic E-state index is 13.9. The molecular formula is C17H20F2N4O. The molecule has 1 saturated heterocycles. The number of aliphatic hydroxyl groups excluding tert-OH is 1. The molecule has 2 N–H and O–H groups in total. The molecule has 1 aromatic carbocycles. The van der Waals surface area contributed by atoms with Gasteiger partial charge in [0.25, 0.3) is 0 Å². The fourth-order valence-corrected chi connectivity index (χ4v) is 2.77. The molecule has 128 valence electrons. The van der Waals surface area contributed by atoms with Crippen LogP contribution in [-0.2, 0) is 6.54 Å². The van der Waals surface area contributed by atoms with Gasteiger partial charge in [-0.3, -0.25) is 0 Å². The summed E-state index contributed by atoms with van der Waals surface area (Å²) < 4.78 is 27.5. The lowest BCUT2D eigenvalue weighted by molar-refractivity contribution is 0.154. The number of aromatic nitrogens is 2. The highest BCUT2D eigenvalue weighted by Crippen LogP contribution is 2.20. The van der Waals surface area contributed by atoms with E-state index in [1.54, 1.807) is 24.4 Å². The number of anilines is 2. The summed E-state index contributed by atoms with van der Waals surface area (Å²) in [5, 5.41) is 12.7. The van der Waals surface area contributed by atoms with Crippen LogP contribution in [0.5, 0.6) is 0 Å². The molecular weight excluding hydrogens is 314 g/mol. The van der Waals surface area contributed by atoms with E-state index in [1.807, 2.05) is 4.90 Å². The fourth-order valence-electron chi connectivity index (χ4n) is 2.77. The molecule has 2 aromatic rings. The maximum absolute atomic E-state index is 13.9. The summed E-state index contributed by atoms with van der Waals surface area (Å²) in [6.07, 6.45) is 2.96. The zero-order valence-electron chi connectivity index (χ0n) is 13.5. The third-order valence-electron chi connectivity index (χ3n) is 4.15. The Morgan fingerprint density at radius 3 is 2.92 bits per heavy atom. The number of nitrogens with zero attached hydrogens (tertiary/aromatic N) is 3. The van der Waals surface area contributed by atoms with E-state index in [0.717, 1.165) is 19.4 Å². The van der Waals surface area contributed by atoms with Crippen LogP contribution in [0.1, 0.15) is 24.0 Å². The van der Waals surface area contributed by atoms with Crippen molar-refractivity contribution < 1.29 is 13.9 Å². The number of benzene rings is 1. The Balaban J connectivity index is 1.70. The van der Waals surface area contributed by atoms with Gasteiger partial charge in [0.1, 0.15) is 5.82 Å². The second kappa shape index (κ2) is 7.09. The predicted molar refractivity (Wildman–Crippen MR) is 87.9 cm³/mol. The smallest absolute Gasteiger partial charge is 0.224 e. The average Bonchev–Trinajstić information content (AvgIpc) is 2.59. The van der Waals surface area contributed by atoms with Crippen molar-refractivity contribution in [2.45, 2.75) is 32.4 Å². The van der Waals surface area contributed by atoms with E-state index in [9.17, 15) is 13.9 Å². The van der Waals surface area contributed by atoms with E-state index in [1.165, 1.54) is 6.92 Å². The van der Waals surface area contributed by atoms with Gasteiger partial charge in [-0.25, -0.2) is 13.8 Å². The van der Waals surface area contributed by atoms with E-state index in [0.29, 0.717) is 18.3 Å². The molecule has 1 aliphatic rings. The number of β-amino-alcohol motifs (C(OH)–C–C–N with tert-alkyl or cyclic N) is 1. The van der Waals surface area contributed by atoms with Crippen LogP contribution in [0.3, 0.4) is 0 Å². The van der Waals surface area contributed by atoms with E-state index in [2.05, 4.69) is 15.3 Å². The minimum atomic E-state index is -0.849. The third kappa shape index (κ3) is 3.62. The van der Waals surface area contributed by atoms with Crippen LogP contribution in [0, 0.1) is 18.6 Å². The van der Waals surface area contributed by atoms with Crippen molar-refractivity contribution in [3.8, 4) is 0 Å². The standard InChI is InChI=1S/C17H20F2N4O/c1-11-4-5-12(16(19)15(11)18)9-21-17-20-7-6-14(22-17)23-8-2-3-13(24)10-23/h4-7,13,24H,2-3,8-10H2,1H3,(H,20,21,22)/t13-/m0/s1. The first kappa shape index (κ1) is 16.6. The van der Waals surface area contributed by atoms with E-state index in [-0.39, 0.29) is 23.8 Å². The molecule has 3 rings (SSSR count). The van der Waals surface area contributed by atoms with E-state index in [4.69, 9.17) is 0 Å². The molecule has 0 amide bonds. The summed E-state index contributed by atoms with van der Waals surface area (Å²) in [6, 6.07) is 4.86. The molecule has 0 unspecified atom stereocenters. The van der Waals surface area contributed by atoms with Crippen LogP contribution in [0.4, 0.5) is 20.5 Å². The van der Waals surface area contributed by atoms with Gasteiger partial charge in [-0.1, -0.05) is 12.1 Å². The molecule has 1 aliphatic heterocycles. The number of piperidine rings is 1. The molecule has 1 fully saturated rings. The number of aliphatic hydroxyl groups is 1. The van der Waals surface area contributed by atoms with Gasteiger partial charge in [0.05, 0.1) is 6.10 Å². The van der Waals surface area contributed by atoms with E-state index >= 15 is 0 Å². The van der Waals surface area contributed by atoms with Gasteiger partial charge in [-0.2, -0.15) is 4.98 Å². The molecule has 2 heterocycles. The minimum absolute atomic E-state index is 0.0924. The van der Waals surface area contributed by atoms with Crippen LogP contribution in [-0.4, -0.2) is 34.3 Å². The van der Waals surface area contributed by atoms with Crippen molar-refractivity contribution in [3.05, 3.63) is 47.2 Å². The summed E-state index contributed by atoms with van der Waals surface area (Å²) >= 11 is 0. The second-order valence-electron chi connectivity index (χ2n) is 6.00. The van der Waals surface area contributed by atoms with Crippen molar-refractivity contribution in [2.75, 3.05) is 23.3 Å². The largest absolute Gasteiger partial charge is 0.391 e.